The molecule has 0 fully saturated rings. The van der Waals surface area contributed by atoms with Crippen molar-refractivity contribution in [2.24, 2.45) is 5.73 Å². The Morgan fingerprint density at radius 2 is 1.75 bits per heavy atom. The summed E-state index contributed by atoms with van der Waals surface area (Å²) in [6, 6.07) is 6.42. The van der Waals surface area contributed by atoms with E-state index >= 15 is 0 Å². The standard InChI is InChI=1S/C14H17N3O3/c1-9(7-15)16(2)12(18)8-17-13(19)10-5-3-4-6-11(10)14(17)20/h3-6,9H,7-8,15H2,1-2H3. The molecular weight excluding hydrogens is 258 g/mol. The highest BCUT2D eigenvalue weighted by molar-refractivity contribution is 6.22. The molecular formula is C14H17N3O3. The lowest BCUT2D eigenvalue weighted by Gasteiger charge is -2.25. The van der Waals surface area contributed by atoms with Gasteiger partial charge in [-0.2, -0.15) is 0 Å². The van der Waals surface area contributed by atoms with Crippen molar-refractivity contribution in [3.05, 3.63) is 35.4 Å². The summed E-state index contributed by atoms with van der Waals surface area (Å²) in [7, 11) is 1.61. The Kier molecular flexibility index (Phi) is 3.85. The third kappa shape index (κ3) is 2.30. The van der Waals surface area contributed by atoms with Crippen molar-refractivity contribution in [2.45, 2.75) is 13.0 Å². The van der Waals surface area contributed by atoms with E-state index in [2.05, 4.69) is 0 Å². The van der Waals surface area contributed by atoms with Crippen LogP contribution >= 0.6 is 0 Å². The first kappa shape index (κ1) is 14.2. The van der Waals surface area contributed by atoms with Crippen LogP contribution in [-0.2, 0) is 4.79 Å². The number of hydrogen-bond acceptors (Lipinski definition) is 4. The second-order valence-electron chi connectivity index (χ2n) is 4.83. The van der Waals surface area contributed by atoms with Crippen molar-refractivity contribution in [3.8, 4) is 0 Å². The molecule has 3 amide bonds. The average Bonchev–Trinajstić information content (AvgIpc) is 2.71. The van der Waals surface area contributed by atoms with Gasteiger partial charge in [0.2, 0.25) is 5.91 Å². The minimum absolute atomic E-state index is 0.141. The van der Waals surface area contributed by atoms with Crippen LogP contribution in [0, 0.1) is 0 Å². The Morgan fingerprint density at radius 3 is 2.20 bits per heavy atom. The van der Waals surface area contributed by atoms with Gasteiger partial charge in [0.05, 0.1) is 11.1 Å². The number of nitrogens with zero attached hydrogens (tertiary/aromatic N) is 2. The summed E-state index contributed by atoms with van der Waals surface area (Å²) in [5, 5.41) is 0. The van der Waals surface area contributed by atoms with E-state index in [1.54, 1.807) is 38.2 Å². The molecule has 0 aromatic heterocycles. The third-order valence-electron chi connectivity index (χ3n) is 3.57. The molecule has 20 heavy (non-hydrogen) atoms. The molecule has 0 spiro atoms. The molecule has 0 aliphatic carbocycles. The Labute approximate surface area is 117 Å². The number of imide groups is 1. The number of likely N-dealkylation sites (N-methyl/N-ethyl adjacent to an activating group) is 1. The van der Waals surface area contributed by atoms with Crippen molar-refractivity contribution in [1.29, 1.82) is 0 Å². The maximum absolute atomic E-state index is 12.1. The fourth-order valence-corrected chi connectivity index (χ4v) is 2.03. The molecule has 0 saturated carbocycles. The van der Waals surface area contributed by atoms with Gasteiger partial charge in [-0.1, -0.05) is 12.1 Å². The Bertz CT molecular complexity index is 536. The summed E-state index contributed by atoms with van der Waals surface area (Å²) in [6.07, 6.45) is 0. The van der Waals surface area contributed by atoms with Gasteiger partial charge in [-0.25, -0.2) is 0 Å². The van der Waals surface area contributed by atoms with Crippen LogP contribution in [0.25, 0.3) is 0 Å². The number of hydrogen-bond donors (Lipinski definition) is 1. The summed E-state index contributed by atoms with van der Waals surface area (Å²) in [4.78, 5) is 38.7. The smallest absolute Gasteiger partial charge is 0.262 e. The summed E-state index contributed by atoms with van der Waals surface area (Å²) < 4.78 is 0. The van der Waals surface area contributed by atoms with Crippen molar-refractivity contribution in [3.63, 3.8) is 0 Å². The molecule has 6 nitrogen and oxygen atoms in total. The van der Waals surface area contributed by atoms with Gasteiger partial charge in [-0.3, -0.25) is 19.3 Å². The number of fused-ring (bicyclic) bond motifs is 1. The van der Waals surface area contributed by atoms with Gasteiger partial charge in [0.1, 0.15) is 6.54 Å². The van der Waals surface area contributed by atoms with Crippen molar-refractivity contribution in [1.82, 2.24) is 9.80 Å². The Hall–Kier alpha value is -2.21. The second-order valence-corrected chi connectivity index (χ2v) is 4.83. The molecule has 0 bridgehead atoms. The Morgan fingerprint density at radius 1 is 1.25 bits per heavy atom. The molecule has 1 unspecified atom stereocenters. The zero-order valence-corrected chi connectivity index (χ0v) is 11.5. The van der Waals surface area contributed by atoms with Crippen LogP contribution in [0.4, 0.5) is 0 Å². The first-order valence-corrected chi connectivity index (χ1v) is 6.38. The maximum Gasteiger partial charge on any atom is 0.262 e. The molecule has 1 atom stereocenters. The first-order valence-electron chi connectivity index (χ1n) is 6.38. The van der Waals surface area contributed by atoms with E-state index in [0.717, 1.165) is 4.90 Å². The molecule has 6 heteroatoms. The van der Waals surface area contributed by atoms with E-state index in [1.807, 2.05) is 0 Å². The average molecular weight is 275 g/mol. The van der Waals surface area contributed by atoms with Crippen molar-refractivity contribution in [2.75, 3.05) is 20.1 Å². The van der Waals surface area contributed by atoms with E-state index in [4.69, 9.17) is 5.73 Å². The number of carbonyl (C=O) groups excluding carboxylic acids is 3. The highest BCUT2D eigenvalue weighted by atomic mass is 16.2. The van der Waals surface area contributed by atoms with Crippen LogP contribution in [0.15, 0.2) is 24.3 Å². The fraction of sp³-hybridized carbons (Fsp3) is 0.357. The van der Waals surface area contributed by atoms with E-state index in [1.165, 1.54) is 4.90 Å². The lowest BCUT2D eigenvalue weighted by atomic mass is 10.1. The lowest BCUT2D eigenvalue weighted by Crippen LogP contribution is -2.46. The third-order valence-corrected chi connectivity index (χ3v) is 3.57. The summed E-state index contributed by atoms with van der Waals surface area (Å²) >= 11 is 0. The zero-order valence-electron chi connectivity index (χ0n) is 11.5. The predicted molar refractivity (Wildman–Crippen MR) is 73.1 cm³/mol. The van der Waals surface area contributed by atoms with Gasteiger partial charge < -0.3 is 10.6 Å². The minimum atomic E-state index is -0.423. The van der Waals surface area contributed by atoms with Crippen LogP contribution in [0.5, 0.6) is 0 Å². The van der Waals surface area contributed by atoms with Crippen LogP contribution in [0.2, 0.25) is 0 Å². The van der Waals surface area contributed by atoms with Gasteiger partial charge in [0.15, 0.2) is 0 Å². The number of benzene rings is 1. The van der Waals surface area contributed by atoms with Gasteiger partial charge >= 0.3 is 0 Å². The SMILES string of the molecule is CC(CN)N(C)C(=O)CN1C(=O)c2ccccc2C1=O. The fourth-order valence-electron chi connectivity index (χ4n) is 2.03. The molecule has 0 radical (unpaired) electrons. The molecule has 106 valence electrons. The Balaban J connectivity index is 2.15. The normalized spacial score (nSPS) is 15.2. The molecule has 1 aliphatic rings. The van der Waals surface area contributed by atoms with Crippen LogP contribution in [0.3, 0.4) is 0 Å². The molecule has 1 aromatic rings. The second kappa shape index (κ2) is 5.42. The van der Waals surface area contributed by atoms with E-state index in [0.29, 0.717) is 17.7 Å². The monoisotopic (exact) mass is 275 g/mol. The van der Waals surface area contributed by atoms with Crippen LogP contribution < -0.4 is 5.73 Å². The van der Waals surface area contributed by atoms with E-state index < -0.39 is 11.8 Å². The highest BCUT2D eigenvalue weighted by Crippen LogP contribution is 2.22. The van der Waals surface area contributed by atoms with Gasteiger partial charge in [0, 0.05) is 19.6 Å². The van der Waals surface area contributed by atoms with Crippen LogP contribution in [0.1, 0.15) is 27.6 Å². The van der Waals surface area contributed by atoms with Gasteiger partial charge in [-0.05, 0) is 19.1 Å². The minimum Gasteiger partial charge on any atom is -0.340 e. The molecule has 2 N–H and O–H groups in total. The molecule has 1 aromatic carbocycles. The summed E-state index contributed by atoms with van der Waals surface area (Å²) in [5.74, 6) is -1.15. The number of amides is 3. The maximum atomic E-state index is 12.1. The zero-order chi connectivity index (χ0) is 14.9. The number of carbonyl (C=O) groups is 3. The first-order chi connectivity index (χ1) is 9.47. The van der Waals surface area contributed by atoms with Crippen molar-refractivity contribution >= 4 is 17.7 Å². The quantitative estimate of drug-likeness (QED) is 0.789. The lowest BCUT2D eigenvalue weighted by molar-refractivity contribution is -0.131. The molecule has 1 aliphatic heterocycles. The van der Waals surface area contributed by atoms with E-state index in [-0.39, 0.29) is 18.5 Å². The predicted octanol–water partition coefficient (Wildman–Crippen LogP) is 0.0882. The number of rotatable bonds is 4. The summed E-state index contributed by atoms with van der Waals surface area (Å²) in [5.41, 5.74) is 6.20. The molecule has 1 heterocycles. The summed E-state index contributed by atoms with van der Waals surface area (Å²) in [6.45, 7) is 1.87. The largest absolute Gasteiger partial charge is 0.340 e. The van der Waals surface area contributed by atoms with Gasteiger partial charge in [-0.15, -0.1) is 0 Å². The van der Waals surface area contributed by atoms with E-state index in [9.17, 15) is 14.4 Å². The molecule has 2 rings (SSSR count). The van der Waals surface area contributed by atoms with Crippen molar-refractivity contribution < 1.29 is 14.4 Å². The van der Waals surface area contributed by atoms with Crippen LogP contribution in [-0.4, -0.2) is 53.7 Å². The highest BCUT2D eigenvalue weighted by Gasteiger charge is 2.36. The molecule has 0 saturated heterocycles. The number of nitrogens with two attached hydrogens (primary N) is 1. The van der Waals surface area contributed by atoms with Gasteiger partial charge in [0.25, 0.3) is 11.8 Å². The topological polar surface area (TPSA) is 83.7 Å².